The van der Waals surface area contributed by atoms with Gasteiger partial charge in [0.1, 0.15) is 11.5 Å². The molecule has 0 unspecified atom stereocenters. The molecule has 0 fully saturated rings. The maximum atomic E-state index is 12.5. The number of aromatic nitrogens is 3. The van der Waals surface area contributed by atoms with Crippen LogP contribution in [0.3, 0.4) is 0 Å². The van der Waals surface area contributed by atoms with Gasteiger partial charge in [0.2, 0.25) is 0 Å². The first-order chi connectivity index (χ1) is 18.4. The van der Waals surface area contributed by atoms with Crippen LogP contribution >= 0.6 is 23.4 Å². The maximum Gasteiger partial charge on any atom is 0.270 e. The number of hydrazone groups is 1. The summed E-state index contributed by atoms with van der Waals surface area (Å²) in [6.07, 6.45) is 1.25. The molecule has 11 nitrogen and oxygen atoms in total. The van der Waals surface area contributed by atoms with Gasteiger partial charge in [-0.2, -0.15) is 5.10 Å². The molecule has 0 atom stereocenters. The predicted octanol–water partition coefficient (Wildman–Crippen LogP) is 4.76. The average molecular weight is 553 g/mol. The Hall–Kier alpha value is -4.42. The summed E-state index contributed by atoms with van der Waals surface area (Å²) in [5.74, 6) is 1.56. The summed E-state index contributed by atoms with van der Waals surface area (Å²) in [4.78, 5) is 22.9. The van der Waals surface area contributed by atoms with E-state index < -0.39 is 10.8 Å². The predicted molar refractivity (Wildman–Crippen MR) is 144 cm³/mol. The average Bonchev–Trinajstić information content (AvgIpc) is 3.36. The third kappa shape index (κ3) is 6.28. The zero-order valence-electron chi connectivity index (χ0n) is 20.2. The largest absolute Gasteiger partial charge is 0.497 e. The number of halogens is 1. The number of benzene rings is 3. The molecule has 13 heteroatoms. The van der Waals surface area contributed by atoms with E-state index >= 15 is 0 Å². The molecule has 0 aliphatic heterocycles. The van der Waals surface area contributed by atoms with E-state index in [0.29, 0.717) is 28.0 Å². The number of nitro groups is 1. The van der Waals surface area contributed by atoms with Gasteiger partial charge in [-0.25, -0.2) is 5.43 Å². The number of hydrogen-bond acceptors (Lipinski definition) is 9. The zero-order valence-corrected chi connectivity index (χ0v) is 21.8. The Morgan fingerprint density at radius 3 is 2.37 bits per heavy atom. The molecule has 4 aromatic rings. The number of nitrogens with zero attached hydrogens (tertiary/aromatic N) is 5. The molecule has 0 aliphatic rings. The van der Waals surface area contributed by atoms with Crippen LogP contribution in [0.2, 0.25) is 5.02 Å². The van der Waals surface area contributed by atoms with E-state index in [1.54, 1.807) is 14.2 Å². The monoisotopic (exact) mass is 552 g/mol. The van der Waals surface area contributed by atoms with E-state index in [4.69, 9.17) is 21.1 Å². The third-order valence-electron chi connectivity index (χ3n) is 5.23. The number of carbonyl (C=O) groups is 1. The Kier molecular flexibility index (Phi) is 8.56. The highest BCUT2D eigenvalue weighted by atomic mass is 35.5. The molecule has 0 spiro atoms. The normalized spacial score (nSPS) is 10.9. The van der Waals surface area contributed by atoms with Gasteiger partial charge in [0.05, 0.1) is 31.1 Å². The van der Waals surface area contributed by atoms with Crippen molar-refractivity contribution in [3.8, 4) is 28.6 Å². The number of methoxy groups -OCH3 is 2. The second kappa shape index (κ2) is 12.2. The number of ether oxygens (including phenoxy) is 2. The number of nitro benzene ring substituents is 1. The van der Waals surface area contributed by atoms with E-state index in [1.165, 1.54) is 36.2 Å². The standard InChI is InChI=1S/C25H21ClN6O5S/c1-36-20-8-3-16(4-9-20)24-29-30-25(31(24)18-5-10-21(37-2)11-6-18)38-15-23(33)28-27-14-17-13-19(32(34)35)7-12-22(17)26/h3-14H,15H2,1-2H3,(H,28,33). The molecule has 1 amide bonds. The molecule has 1 N–H and O–H groups in total. The fourth-order valence-corrected chi connectivity index (χ4v) is 4.24. The first-order valence-corrected chi connectivity index (χ1v) is 12.4. The van der Waals surface area contributed by atoms with E-state index in [-0.39, 0.29) is 16.5 Å². The van der Waals surface area contributed by atoms with Crippen LogP contribution in [0.15, 0.2) is 77.0 Å². The van der Waals surface area contributed by atoms with Crippen LogP contribution in [-0.2, 0) is 4.79 Å². The minimum atomic E-state index is -0.540. The van der Waals surface area contributed by atoms with Gasteiger partial charge in [0.15, 0.2) is 11.0 Å². The van der Waals surface area contributed by atoms with Crippen LogP contribution in [0.5, 0.6) is 11.5 Å². The summed E-state index contributed by atoms with van der Waals surface area (Å²) < 4.78 is 12.3. The molecular weight excluding hydrogens is 532 g/mol. The fourth-order valence-electron chi connectivity index (χ4n) is 3.33. The summed E-state index contributed by atoms with van der Waals surface area (Å²) in [7, 11) is 3.18. The fraction of sp³-hybridized carbons (Fsp3) is 0.120. The molecule has 4 rings (SSSR count). The molecule has 0 radical (unpaired) electrons. The number of carbonyl (C=O) groups excluding carboxylic acids is 1. The minimum Gasteiger partial charge on any atom is -0.497 e. The smallest absolute Gasteiger partial charge is 0.270 e. The van der Waals surface area contributed by atoms with Gasteiger partial charge in [-0.1, -0.05) is 23.4 Å². The molecule has 0 bridgehead atoms. The first-order valence-electron chi connectivity index (χ1n) is 11.0. The van der Waals surface area contributed by atoms with Crippen LogP contribution in [0.25, 0.3) is 17.1 Å². The Morgan fingerprint density at radius 2 is 1.74 bits per heavy atom. The molecule has 38 heavy (non-hydrogen) atoms. The highest BCUT2D eigenvalue weighted by Gasteiger charge is 2.18. The molecule has 194 valence electrons. The van der Waals surface area contributed by atoms with Crippen molar-refractivity contribution in [2.75, 3.05) is 20.0 Å². The zero-order chi connectivity index (χ0) is 27.1. The van der Waals surface area contributed by atoms with E-state index in [1.807, 2.05) is 53.1 Å². The number of rotatable bonds is 10. The third-order valence-corrected chi connectivity index (χ3v) is 6.50. The number of non-ortho nitro benzene ring substituents is 1. The van der Waals surface area contributed by atoms with Crippen LogP contribution in [0, 0.1) is 10.1 Å². The number of hydrogen-bond donors (Lipinski definition) is 1. The summed E-state index contributed by atoms with van der Waals surface area (Å²) in [5.41, 5.74) is 4.15. The minimum absolute atomic E-state index is 0.0170. The molecule has 3 aromatic carbocycles. The molecule has 1 aromatic heterocycles. The number of amides is 1. The van der Waals surface area contributed by atoms with Crippen LogP contribution in [0.1, 0.15) is 5.56 Å². The van der Waals surface area contributed by atoms with Gasteiger partial charge in [-0.3, -0.25) is 19.5 Å². The van der Waals surface area contributed by atoms with Crippen molar-refractivity contribution in [3.63, 3.8) is 0 Å². The SMILES string of the molecule is COc1ccc(-c2nnc(SCC(=O)NN=Cc3cc([N+](=O)[O-])ccc3Cl)n2-c2ccc(OC)cc2)cc1. The Labute approximate surface area is 226 Å². The molecule has 0 saturated heterocycles. The van der Waals surface area contributed by atoms with Gasteiger partial charge in [0, 0.05) is 34.0 Å². The molecule has 0 saturated carbocycles. The lowest BCUT2D eigenvalue weighted by Crippen LogP contribution is -2.20. The topological polar surface area (TPSA) is 134 Å². The number of thioether (sulfide) groups is 1. The maximum absolute atomic E-state index is 12.5. The first kappa shape index (κ1) is 26.6. The van der Waals surface area contributed by atoms with Gasteiger partial charge >= 0.3 is 0 Å². The molecular formula is C25H21ClN6O5S. The Bertz CT molecular complexity index is 1470. The highest BCUT2D eigenvalue weighted by molar-refractivity contribution is 7.99. The summed E-state index contributed by atoms with van der Waals surface area (Å²) >= 11 is 7.23. The van der Waals surface area contributed by atoms with Crippen molar-refractivity contribution >= 4 is 41.2 Å². The Morgan fingerprint density at radius 1 is 1.08 bits per heavy atom. The van der Waals surface area contributed by atoms with Crippen molar-refractivity contribution in [1.82, 2.24) is 20.2 Å². The summed E-state index contributed by atoms with van der Waals surface area (Å²) in [6, 6.07) is 18.7. The van der Waals surface area contributed by atoms with E-state index in [9.17, 15) is 14.9 Å². The lowest BCUT2D eigenvalue weighted by molar-refractivity contribution is -0.384. The van der Waals surface area contributed by atoms with Gasteiger partial charge < -0.3 is 9.47 Å². The summed E-state index contributed by atoms with van der Waals surface area (Å²) in [6.45, 7) is 0. The van der Waals surface area contributed by atoms with Gasteiger partial charge in [-0.05, 0) is 54.6 Å². The number of nitrogens with one attached hydrogen (secondary N) is 1. The van der Waals surface area contributed by atoms with E-state index in [0.717, 1.165) is 11.3 Å². The van der Waals surface area contributed by atoms with E-state index in [2.05, 4.69) is 20.7 Å². The second-order valence-electron chi connectivity index (χ2n) is 7.61. The summed E-state index contributed by atoms with van der Waals surface area (Å²) in [5, 5.41) is 24.3. The lowest BCUT2D eigenvalue weighted by atomic mass is 10.2. The van der Waals surface area contributed by atoms with Crippen molar-refractivity contribution in [2.24, 2.45) is 5.10 Å². The van der Waals surface area contributed by atoms with Gasteiger partial charge in [0.25, 0.3) is 11.6 Å². The van der Waals surface area contributed by atoms with Crippen molar-refractivity contribution in [1.29, 1.82) is 0 Å². The quantitative estimate of drug-likeness (QED) is 0.129. The molecule has 1 heterocycles. The van der Waals surface area contributed by atoms with Crippen LogP contribution in [-0.4, -0.2) is 51.8 Å². The van der Waals surface area contributed by atoms with Gasteiger partial charge in [-0.15, -0.1) is 10.2 Å². The highest BCUT2D eigenvalue weighted by Crippen LogP contribution is 2.30. The van der Waals surface area contributed by atoms with Crippen LogP contribution < -0.4 is 14.9 Å². The molecule has 0 aliphatic carbocycles. The van der Waals surface area contributed by atoms with Crippen LogP contribution in [0.4, 0.5) is 5.69 Å². The van der Waals surface area contributed by atoms with Crippen molar-refractivity contribution in [2.45, 2.75) is 5.16 Å². The lowest BCUT2D eigenvalue weighted by Gasteiger charge is -2.11. The second-order valence-corrected chi connectivity index (χ2v) is 8.96. The van der Waals surface area contributed by atoms with Crippen molar-refractivity contribution in [3.05, 3.63) is 87.4 Å². The Balaban J connectivity index is 1.52. The van der Waals surface area contributed by atoms with Crippen molar-refractivity contribution < 1.29 is 19.2 Å².